The topological polar surface area (TPSA) is 158 Å². The van der Waals surface area contributed by atoms with Gasteiger partial charge in [0.2, 0.25) is 0 Å². The smallest absolute Gasteiger partial charge is 0.277 e. The summed E-state index contributed by atoms with van der Waals surface area (Å²) in [6, 6.07) is 19.4. The number of rotatable bonds is 9. The van der Waals surface area contributed by atoms with Crippen molar-refractivity contribution in [2.24, 2.45) is 0 Å². The maximum atomic E-state index is 13.5. The number of anilines is 4. The highest BCUT2D eigenvalue weighted by Gasteiger charge is 2.21. The Kier molecular flexibility index (Phi) is 7.21. The van der Waals surface area contributed by atoms with Gasteiger partial charge < -0.3 is 24.6 Å². The van der Waals surface area contributed by atoms with Crippen molar-refractivity contribution in [1.29, 1.82) is 0 Å². The molecule has 0 aliphatic carbocycles. The van der Waals surface area contributed by atoms with Crippen LogP contribution in [0, 0.1) is 6.92 Å². The second-order valence-corrected chi connectivity index (χ2v) is 10.2. The van der Waals surface area contributed by atoms with Crippen LogP contribution >= 0.6 is 0 Å². The lowest BCUT2D eigenvalue weighted by atomic mass is 10.2. The van der Waals surface area contributed by atoms with E-state index in [2.05, 4.69) is 30.5 Å². The third-order valence-corrected chi connectivity index (χ3v) is 7.02. The largest absolute Gasteiger partial charge is 0.497 e. The minimum Gasteiger partial charge on any atom is -0.497 e. The normalized spacial score (nSPS) is 11.2. The summed E-state index contributed by atoms with van der Waals surface area (Å²) < 4.78 is 45.1. The summed E-state index contributed by atoms with van der Waals surface area (Å²) in [5.74, 6) is 1.10. The number of aromatic nitrogens is 3. The van der Waals surface area contributed by atoms with Crippen LogP contribution in [0.2, 0.25) is 0 Å². The van der Waals surface area contributed by atoms with Crippen molar-refractivity contribution in [1.82, 2.24) is 15.1 Å². The molecule has 3 aromatic carbocycles. The van der Waals surface area contributed by atoms with E-state index < -0.39 is 15.9 Å². The Balaban J connectivity index is 1.47. The zero-order chi connectivity index (χ0) is 28.3. The maximum Gasteiger partial charge on any atom is 0.277 e. The average Bonchev–Trinajstić information content (AvgIpc) is 3.39. The first-order valence-corrected chi connectivity index (χ1v) is 13.4. The molecule has 2 heterocycles. The summed E-state index contributed by atoms with van der Waals surface area (Å²) in [5, 5.41) is 9.41. The zero-order valence-corrected chi connectivity index (χ0v) is 22.4. The van der Waals surface area contributed by atoms with Gasteiger partial charge in [0.25, 0.3) is 15.9 Å². The van der Waals surface area contributed by atoms with Gasteiger partial charge in [-0.15, -0.1) is 0 Å². The van der Waals surface area contributed by atoms with Gasteiger partial charge in [0, 0.05) is 35.6 Å². The van der Waals surface area contributed by atoms with Crippen LogP contribution < -0.4 is 24.8 Å². The molecule has 0 unspecified atom stereocenters. The highest BCUT2D eigenvalue weighted by Crippen LogP contribution is 2.31. The van der Waals surface area contributed by atoms with Crippen molar-refractivity contribution in [2.75, 3.05) is 29.6 Å². The summed E-state index contributed by atoms with van der Waals surface area (Å²) in [4.78, 5) is 21.5. The number of amides is 1. The van der Waals surface area contributed by atoms with Crippen LogP contribution in [0.3, 0.4) is 0 Å². The Bertz CT molecular complexity index is 1800. The van der Waals surface area contributed by atoms with E-state index in [1.54, 1.807) is 55.5 Å². The van der Waals surface area contributed by atoms with Gasteiger partial charge in [-0.2, -0.15) is 0 Å². The van der Waals surface area contributed by atoms with Gasteiger partial charge in [-0.1, -0.05) is 23.4 Å². The molecule has 0 saturated heterocycles. The molecule has 0 aliphatic heterocycles. The van der Waals surface area contributed by atoms with Crippen molar-refractivity contribution in [3.8, 4) is 11.5 Å². The van der Waals surface area contributed by atoms with Gasteiger partial charge >= 0.3 is 0 Å². The lowest BCUT2D eigenvalue weighted by molar-refractivity contribution is 0.101. The maximum absolute atomic E-state index is 13.5. The zero-order valence-electron chi connectivity index (χ0n) is 21.6. The highest BCUT2D eigenvalue weighted by atomic mass is 32.2. The molecule has 1 amide bonds. The first kappa shape index (κ1) is 26.4. The predicted octanol–water partition coefficient (Wildman–Crippen LogP) is 4.74. The number of nitrogens with zero attached hydrogens (tertiary/aromatic N) is 3. The Morgan fingerprint density at radius 3 is 2.12 bits per heavy atom. The Morgan fingerprint density at radius 2 is 1.50 bits per heavy atom. The molecule has 0 aliphatic rings. The fourth-order valence-corrected chi connectivity index (χ4v) is 4.82. The van der Waals surface area contributed by atoms with Crippen molar-refractivity contribution >= 4 is 50.0 Å². The van der Waals surface area contributed by atoms with Crippen LogP contribution in [0.5, 0.6) is 11.5 Å². The summed E-state index contributed by atoms with van der Waals surface area (Å²) in [5.41, 5.74) is 1.89. The van der Waals surface area contributed by atoms with Gasteiger partial charge in [0.05, 0.1) is 30.1 Å². The molecular formula is C27H24N6O6S. The number of ether oxygens (including phenoxy) is 2. The number of hydrogen-bond donors (Lipinski definition) is 3. The molecule has 0 fully saturated rings. The second kappa shape index (κ2) is 10.9. The van der Waals surface area contributed by atoms with Gasteiger partial charge in [-0.25, -0.2) is 18.4 Å². The molecule has 2 aromatic heterocycles. The number of fused-ring (bicyclic) bond motifs is 1. The van der Waals surface area contributed by atoms with Crippen LogP contribution in [0.4, 0.5) is 23.0 Å². The predicted molar refractivity (Wildman–Crippen MR) is 149 cm³/mol. The SMILES string of the molecule is COc1cc(Nc2nc3ccccc3nc2NS(=O)(=O)c2cccc(NC(=O)c3cc(C)on3)c2)cc(OC)c1. The molecule has 13 heteroatoms. The van der Waals surface area contributed by atoms with Crippen molar-refractivity contribution in [3.05, 3.63) is 84.3 Å². The van der Waals surface area contributed by atoms with Crippen LogP contribution in [0.25, 0.3) is 11.0 Å². The number of methoxy groups -OCH3 is 2. The first-order valence-electron chi connectivity index (χ1n) is 11.9. The third kappa shape index (κ3) is 5.78. The number of para-hydroxylation sites is 2. The molecule has 0 spiro atoms. The van der Waals surface area contributed by atoms with Crippen molar-refractivity contribution in [3.63, 3.8) is 0 Å². The van der Waals surface area contributed by atoms with E-state index in [-0.39, 0.29) is 27.9 Å². The first-order chi connectivity index (χ1) is 19.2. The van der Waals surface area contributed by atoms with E-state index in [4.69, 9.17) is 14.0 Å². The van der Waals surface area contributed by atoms with E-state index in [0.717, 1.165) is 0 Å². The number of benzene rings is 3. The number of aryl methyl sites for hydroxylation is 1. The lowest BCUT2D eigenvalue weighted by Crippen LogP contribution is -2.17. The summed E-state index contributed by atoms with van der Waals surface area (Å²) in [6.07, 6.45) is 0. The summed E-state index contributed by atoms with van der Waals surface area (Å²) in [7, 11) is -1.12. The molecule has 204 valence electrons. The fourth-order valence-electron chi connectivity index (χ4n) is 3.77. The molecule has 0 atom stereocenters. The van der Waals surface area contributed by atoms with Crippen LogP contribution in [-0.2, 0) is 10.0 Å². The lowest BCUT2D eigenvalue weighted by Gasteiger charge is -2.15. The second-order valence-electron chi connectivity index (χ2n) is 8.55. The summed E-state index contributed by atoms with van der Waals surface area (Å²) in [6.45, 7) is 1.66. The molecule has 0 saturated carbocycles. The minimum absolute atomic E-state index is 0.0343. The Labute approximate surface area is 229 Å². The molecule has 5 aromatic rings. The number of carbonyl (C=O) groups is 1. The molecule has 3 N–H and O–H groups in total. The van der Waals surface area contributed by atoms with Gasteiger partial charge in [0.1, 0.15) is 17.3 Å². The monoisotopic (exact) mass is 560 g/mol. The number of sulfonamides is 1. The van der Waals surface area contributed by atoms with E-state index in [1.807, 2.05) is 0 Å². The van der Waals surface area contributed by atoms with E-state index in [1.165, 1.54) is 38.5 Å². The minimum atomic E-state index is -4.17. The van der Waals surface area contributed by atoms with Crippen LogP contribution in [0.15, 0.2) is 82.2 Å². The van der Waals surface area contributed by atoms with E-state index in [0.29, 0.717) is 34.0 Å². The highest BCUT2D eigenvalue weighted by molar-refractivity contribution is 7.92. The molecule has 0 radical (unpaired) electrons. The average molecular weight is 561 g/mol. The van der Waals surface area contributed by atoms with Crippen molar-refractivity contribution in [2.45, 2.75) is 11.8 Å². The molecule has 12 nitrogen and oxygen atoms in total. The van der Waals surface area contributed by atoms with E-state index in [9.17, 15) is 13.2 Å². The Morgan fingerprint density at radius 1 is 0.825 bits per heavy atom. The number of nitrogens with one attached hydrogen (secondary N) is 3. The fraction of sp³-hybridized carbons (Fsp3) is 0.111. The number of carbonyl (C=O) groups excluding carboxylic acids is 1. The van der Waals surface area contributed by atoms with Crippen LogP contribution in [0.1, 0.15) is 16.2 Å². The molecule has 5 rings (SSSR count). The third-order valence-electron chi connectivity index (χ3n) is 5.68. The van der Waals surface area contributed by atoms with Gasteiger partial charge in [-0.3, -0.25) is 9.52 Å². The molecular weight excluding hydrogens is 536 g/mol. The van der Waals surface area contributed by atoms with Crippen LogP contribution in [-0.4, -0.2) is 43.7 Å². The quantitative estimate of drug-likeness (QED) is 0.230. The number of hydrogen-bond acceptors (Lipinski definition) is 10. The van der Waals surface area contributed by atoms with E-state index >= 15 is 0 Å². The molecule has 40 heavy (non-hydrogen) atoms. The Hall–Kier alpha value is -5.17. The molecule has 0 bridgehead atoms. The van der Waals surface area contributed by atoms with Gasteiger partial charge in [0.15, 0.2) is 17.3 Å². The standard InChI is InChI=1S/C27H24N6O6S/c1-16-11-24(32-39-16)27(34)29-17-7-6-8-21(14-17)40(35,36)33-26-25(30-22-9-4-5-10-23(22)31-26)28-18-12-19(37-2)15-20(13-18)38-3/h4-15H,1-3H3,(H,28,30)(H,29,34)(H,31,33). The summed E-state index contributed by atoms with van der Waals surface area (Å²) >= 11 is 0. The van der Waals surface area contributed by atoms with Gasteiger partial charge in [-0.05, 0) is 37.3 Å². The van der Waals surface area contributed by atoms with Crippen molar-refractivity contribution < 1.29 is 27.2 Å².